The molecule has 8 heteroatoms. The minimum atomic E-state index is -0.233. The highest BCUT2D eigenvalue weighted by atomic mass is 35.5. The van der Waals surface area contributed by atoms with Crippen LogP contribution in [0.1, 0.15) is 53.4 Å². The van der Waals surface area contributed by atoms with Gasteiger partial charge in [0.15, 0.2) is 5.11 Å². The van der Waals surface area contributed by atoms with Gasteiger partial charge in [-0.2, -0.15) is 0 Å². The normalized spacial score (nSPS) is 16.7. The summed E-state index contributed by atoms with van der Waals surface area (Å²) in [7, 11) is 0. The molecule has 2 aliphatic rings. The van der Waals surface area contributed by atoms with Crippen molar-refractivity contribution in [3.05, 3.63) is 45.3 Å². The highest BCUT2D eigenvalue weighted by Gasteiger charge is 2.27. The largest absolute Gasteiger partial charge is 0.462 e. The van der Waals surface area contributed by atoms with Crippen molar-refractivity contribution in [1.82, 2.24) is 4.90 Å². The zero-order valence-corrected chi connectivity index (χ0v) is 20.9. The van der Waals surface area contributed by atoms with E-state index in [9.17, 15) is 4.79 Å². The Labute approximate surface area is 204 Å². The third-order valence-corrected chi connectivity index (χ3v) is 7.95. The lowest BCUT2D eigenvalue weighted by atomic mass is 9.96. The summed E-state index contributed by atoms with van der Waals surface area (Å²) in [5.41, 5.74) is 3.05. The van der Waals surface area contributed by atoms with Gasteiger partial charge in [0, 0.05) is 41.8 Å². The van der Waals surface area contributed by atoms with E-state index in [2.05, 4.69) is 27.2 Å². The number of piperazine rings is 1. The van der Waals surface area contributed by atoms with Gasteiger partial charge in [-0.15, -0.1) is 11.3 Å². The first-order valence-electron chi connectivity index (χ1n) is 11.4. The summed E-state index contributed by atoms with van der Waals surface area (Å²) >= 11 is 13.5. The van der Waals surface area contributed by atoms with E-state index in [1.165, 1.54) is 35.4 Å². The van der Waals surface area contributed by atoms with E-state index >= 15 is 0 Å². The number of anilines is 2. The first-order chi connectivity index (χ1) is 15.6. The fraction of sp³-hybridized carbons (Fsp3) is 0.500. The Bertz CT molecular complexity index is 953. The van der Waals surface area contributed by atoms with Crippen molar-refractivity contribution in [1.29, 1.82) is 0 Å². The second kappa shape index (κ2) is 10.9. The maximum Gasteiger partial charge on any atom is 0.341 e. The quantitative estimate of drug-likeness (QED) is 0.433. The summed E-state index contributed by atoms with van der Waals surface area (Å²) in [4.78, 5) is 18.7. The van der Waals surface area contributed by atoms with Crippen LogP contribution in [0.4, 0.5) is 10.7 Å². The standard InChI is InChI=1S/C24H30ClN3O2S2/c1-2-30-23(29)21-19-7-5-3-4-6-8-20(19)32-22(21)26-24(31)28-15-13-27(14-16-28)18-11-9-17(25)10-12-18/h9-12H,2-8,13-16H2,1H3,(H,26,31). The van der Waals surface area contributed by atoms with Crippen molar-refractivity contribution in [3.8, 4) is 0 Å². The van der Waals surface area contributed by atoms with Gasteiger partial charge < -0.3 is 19.9 Å². The average molecular weight is 492 g/mol. The van der Waals surface area contributed by atoms with E-state index in [-0.39, 0.29) is 5.97 Å². The highest BCUT2D eigenvalue weighted by Crippen LogP contribution is 2.38. The van der Waals surface area contributed by atoms with Gasteiger partial charge in [0.2, 0.25) is 0 Å². The molecule has 0 atom stereocenters. The molecule has 4 rings (SSSR count). The Hall–Kier alpha value is -1.83. The van der Waals surface area contributed by atoms with Gasteiger partial charge in [-0.05, 0) is 74.7 Å². The minimum absolute atomic E-state index is 0.233. The van der Waals surface area contributed by atoms with E-state index in [1.54, 1.807) is 11.3 Å². The van der Waals surface area contributed by atoms with Gasteiger partial charge in [0.25, 0.3) is 0 Å². The lowest BCUT2D eigenvalue weighted by Gasteiger charge is -2.37. The molecule has 2 heterocycles. The van der Waals surface area contributed by atoms with E-state index in [0.717, 1.165) is 55.5 Å². The van der Waals surface area contributed by atoms with Crippen LogP contribution in [-0.4, -0.2) is 48.8 Å². The molecule has 1 saturated heterocycles. The molecule has 1 aliphatic heterocycles. The molecule has 1 aromatic carbocycles. The predicted octanol–water partition coefficient (Wildman–Crippen LogP) is 5.76. The van der Waals surface area contributed by atoms with Gasteiger partial charge >= 0.3 is 5.97 Å². The van der Waals surface area contributed by atoms with E-state index < -0.39 is 0 Å². The number of rotatable bonds is 4. The molecular formula is C24H30ClN3O2S2. The van der Waals surface area contributed by atoms with Crippen molar-refractivity contribution in [2.75, 3.05) is 43.0 Å². The maximum absolute atomic E-state index is 12.8. The first-order valence-corrected chi connectivity index (χ1v) is 13.0. The molecule has 0 spiro atoms. The van der Waals surface area contributed by atoms with Crippen LogP contribution < -0.4 is 10.2 Å². The number of benzene rings is 1. The second-order valence-electron chi connectivity index (χ2n) is 8.22. The molecule has 2 aromatic rings. The number of hydrogen-bond acceptors (Lipinski definition) is 5. The molecule has 0 unspecified atom stereocenters. The van der Waals surface area contributed by atoms with Crippen LogP contribution in [0.3, 0.4) is 0 Å². The molecule has 172 valence electrons. The van der Waals surface area contributed by atoms with Crippen molar-refractivity contribution < 1.29 is 9.53 Å². The number of esters is 1. The highest BCUT2D eigenvalue weighted by molar-refractivity contribution is 7.80. The molecule has 0 amide bonds. The number of halogens is 1. The summed E-state index contributed by atoms with van der Waals surface area (Å²) in [5, 5.41) is 5.70. The summed E-state index contributed by atoms with van der Waals surface area (Å²) in [6.45, 7) is 5.65. The fourth-order valence-electron chi connectivity index (χ4n) is 4.42. The van der Waals surface area contributed by atoms with E-state index in [0.29, 0.717) is 17.3 Å². The Balaban J connectivity index is 1.46. The number of carbonyl (C=O) groups is 1. The molecule has 0 radical (unpaired) electrons. The van der Waals surface area contributed by atoms with Crippen LogP contribution in [0.5, 0.6) is 0 Å². The van der Waals surface area contributed by atoms with Crippen LogP contribution >= 0.6 is 35.2 Å². The Morgan fingerprint density at radius 1 is 1.09 bits per heavy atom. The molecule has 32 heavy (non-hydrogen) atoms. The van der Waals surface area contributed by atoms with Crippen LogP contribution in [0, 0.1) is 0 Å². The lowest BCUT2D eigenvalue weighted by Crippen LogP contribution is -2.50. The SMILES string of the molecule is CCOC(=O)c1c(NC(=S)N2CCN(c3ccc(Cl)cc3)CC2)sc2c1CCCCCC2. The van der Waals surface area contributed by atoms with E-state index in [1.807, 2.05) is 19.1 Å². The lowest BCUT2D eigenvalue weighted by molar-refractivity contribution is 0.0526. The number of fused-ring (bicyclic) bond motifs is 1. The number of hydrogen-bond donors (Lipinski definition) is 1. The molecule has 0 saturated carbocycles. The third-order valence-electron chi connectivity index (χ3n) is 6.13. The summed E-state index contributed by atoms with van der Waals surface area (Å²) in [6, 6.07) is 7.97. The molecule has 1 aliphatic carbocycles. The number of thiophene rings is 1. The van der Waals surface area contributed by atoms with Crippen molar-refractivity contribution in [3.63, 3.8) is 0 Å². The number of aryl methyl sites for hydroxylation is 1. The Kier molecular flexibility index (Phi) is 7.92. The van der Waals surface area contributed by atoms with Crippen molar-refractivity contribution >= 4 is 56.9 Å². The molecular weight excluding hydrogens is 462 g/mol. The number of ether oxygens (including phenoxy) is 1. The van der Waals surface area contributed by atoms with Crippen molar-refractivity contribution in [2.24, 2.45) is 0 Å². The predicted molar refractivity (Wildman–Crippen MR) is 138 cm³/mol. The fourth-order valence-corrected chi connectivity index (χ4v) is 6.17. The maximum atomic E-state index is 12.8. The van der Waals surface area contributed by atoms with Crippen molar-refractivity contribution in [2.45, 2.75) is 45.4 Å². The molecule has 1 aromatic heterocycles. The third kappa shape index (κ3) is 5.38. The summed E-state index contributed by atoms with van der Waals surface area (Å²) in [6.07, 6.45) is 6.73. The zero-order valence-electron chi connectivity index (χ0n) is 18.5. The monoisotopic (exact) mass is 491 g/mol. The zero-order chi connectivity index (χ0) is 22.5. The molecule has 5 nitrogen and oxygen atoms in total. The molecule has 1 N–H and O–H groups in total. The first kappa shape index (κ1) is 23.3. The van der Waals surface area contributed by atoms with E-state index in [4.69, 9.17) is 28.6 Å². The average Bonchev–Trinajstić information content (AvgIpc) is 3.10. The Morgan fingerprint density at radius 3 is 2.47 bits per heavy atom. The van der Waals surface area contributed by atoms with Gasteiger partial charge in [0.05, 0.1) is 12.2 Å². The smallest absolute Gasteiger partial charge is 0.341 e. The summed E-state index contributed by atoms with van der Waals surface area (Å²) in [5.74, 6) is -0.233. The van der Waals surface area contributed by atoms with Crippen LogP contribution in [0.2, 0.25) is 5.02 Å². The number of carbonyl (C=O) groups excluding carboxylic acids is 1. The number of nitrogens with zero attached hydrogens (tertiary/aromatic N) is 2. The number of nitrogens with one attached hydrogen (secondary N) is 1. The molecule has 1 fully saturated rings. The summed E-state index contributed by atoms with van der Waals surface area (Å²) < 4.78 is 5.42. The van der Waals surface area contributed by atoms with Gasteiger partial charge in [-0.3, -0.25) is 0 Å². The van der Waals surface area contributed by atoms with Gasteiger partial charge in [-0.25, -0.2) is 4.79 Å². The molecule has 0 bridgehead atoms. The van der Waals surface area contributed by atoms with Gasteiger partial charge in [-0.1, -0.05) is 24.4 Å². The number of thiocarbonyl (C=S) groups is 1. The Morgan fingerprint density at radius 2 is 1.78 bits per heavy atom. The van der Waals surface area contributed by atoms with Gasteiger partial charge in [0.1, 0.15) is 5.00 Å². The second-order valence-corrected chi connectivity index (χ2v) is 10.2. The topological polar surface area (TPSA) is 44.8 Å². The van der Waals surface area contributed by atoms with Crippen LogP contribution in [0.25, 0.3) is 0 Å². The minimum Gasteiger partial charge on any atom is -0.462 e. The van der Waals surface area contributed by atoms with Crippen LogP contribution in [-0.2, 0) is 17.6 Å². The van der Waals surface area contributed by atoms with Crippen LogP contribution in [0.15, 0.2) is 24.3 Å².